The molecule has 4 nitrogen and oxygen atoms in total. The summed E-state index contributed by atoms with van der Waals surface area (Å²) in [6.45, 7) is 0. The van der Waals surface area contributed by atoms with E-state index in [0.717, 1.165) is 27.7 Å². The Bertz CT molecular complexity index is 1150. The molecule has 0 fully saturated rings. The number of hydrogen-bond donors (Lipinski definition) is 1. The molecular weight excluding hydrogens is 378 g/mol. The molecule has 3 aromatic carbocycles. The number of para-hydroxylation sites is 1. The molecule has 0 spiro atoms. The molecule has 1 aliphatic rings. The van der Waals surface area contributed by atoms with Crippen molar-refractivity contribution in [3.05, 3.63) is 101 Å². The molecule has 0 radical (unpaired) electrons. The second kappa shape index (κ2) is 7.53. The minimum atomic E-state index is 0.0422. The van der Waals surface area contributed by atoms with Crippen LogP contribution in [0.5, 0.6) is 5.75 Å². The van der Waals surface area contributed by atoms with Crippen molar-refractivity contribution in [1.82, 2.24) is 4.98 Å². The number of nitrogens with zero attached hydrogens (tertiary/aromatic N) is 3. The van der Waals surface area contributed by atoms with Gasteiger partial charge in [0.25, 0.3) is 0 Å². The molecule has 0 bridgehead atoms. The van der Waals surface area contributed by atoms with E-state index in [1.165, 1.54) is 5.56 Å². The molecule has 1 aromatic heterocycles. The van der Waals surface area contributed by atoms with Crippen LogP contribution in [0.3, 0.4) is 0 Å². The van der Waals surface area contributed by atoms with Gasteiger partial charge in [-0.25, -0.2) is 9.99 Å². The van der Waals surface area contributed by atoms with Gasteiger partial charge >= 0.3 is 0 Å². The summed E-state index contributed by atoms with van der Waals surface area (Å²) in [6.07, 6.45) is 0.710. The van der Waals surface area contributed by atoms with Crippen molar-refractivity contribution in [2.45, 2.75) is 12.5 Å². The highest BCUT2D eigenvalue weighted by Crippen LogP contribution is 2.40. The van der Waals surface area contributed by atoms with Gasteiger partial charge < -0.3 is 5.11 Å². The molecule has 2 heterocycles. The summed E-state index contributed by atoms with van der Waals surface area (Å²) in [5.74, 6) is 0.254. The van der Waals surface area contributed by atoms with Crippen LogP contribution in [-0.4, -0.2) is 15.8 Å². The van der Waals surface area contributed by atoms with Crippen LogP contribution < -0.4 is 5.01 Å². The van der Waals surface area contributed by atoms with Gasteiger partial charge in [0, 0.05) is 22.9 Å². The second-order valence-electron chi connectivity index (χ2n) is 6.92. The summed E-state index contributed by atoms with van der Waals surface area (Å²) in [7, 11) is 0. The maximum Gasteiger partial charge on any atom is 0.207 e. The van der Waals surface area contributed by atoms with E-state index in [9.17, 15) is 5.11 Å². The summed E-state index contributed by atoms with van der Waals surface area (Å²) in [4.78, 5) is 4.86. The van der Waals surface area contributed by atoms with Crippen molar-refractivity contribution in [3.8, 4) is 17.0 Å². The molecule has 29 heavy (non-hydrogen) atoms. The lowest BCUT2D eigenvalue weighted by molar-refractivity contribution is 0.474. The van der Waals surface area contributed by atoms with Gasteiger partial charge in [0.05, 0.1) is 17.4 Å². The zero-order valence-corrected chi connectivity index (χ0v) is 16.5. The molecule has 142 valence electrons. The van der Waals surface area contributed by atoms with E-state index in [1.54, 1.807) is 17.4 Å². The van der Waals surface area contributed by atoms with Gasteiger partial charge in [-0.3, -0.25) is 0 Å². The van der Waals surface area contributed by atoms with Crippen molar-refractivity contribution in [3.63, 3.8) is 0 Å². The standard InChI is InChI=1S/C24H19N3OS/c28-23-14-8-7-13-19(23)20-15-22(18-11-5-2-6-12-18)27(26-20)24-25-21(16-29-24)17-9-3-1-4-10-17/h1-14,16,22,28H,15H2. The first kappa shape index (κ1) is 17.6. The summed E-state index contributed by atoms with van der Waals surface area (Å²) in [5, 5.41) is 20.1. The Balaban J connectivity index is 1.56. The van der Waals surface area contributed by atoms with Gasteiger partial charge in [-0.2, -0.15) is 5.10 Å². The monoisotopic (exact) mass is 397 g/mol. The third kappa shape index (κ3) is 3.41. The fourth-order valence-corrected chi connectivity index (χ4v) is 4.45. The zero-order valence-electron chi connectivity index (χ0n) is 15.6. The number of rotatable bonds is 4. The Hall–Kier alpha value is -3.44. The summed E-state index contributed by atoms with van der Waals surface area (Å²) >= 11 is 1.59. The minimum absolute atomic E-state index is 0.0422. The van der Waals surface area contributed by atoms with Crippen LogP contribution in [0, 0.1) is 0 Å². The molecule has 1 atom stereocenters. The van der Waals surface area contributed by atoms with E-state index in [2.05, 4.69) is 29.6 Å². The van der Waals surface area contributed by atoms with Gasteiger partial charge in [-0.05, 0) is 17.7 Å². The molecule has 1 aliphatic heterocycles. The summed E-state index contributed by atoms with van der Waals surface area (Å²) < 4.78 is 0. The summed E-state index contributed by atoms with van der Waals surface area (Å²) in [5.41, 5.74) is 4.86. The van der Waals surface area contributed by atoms with Crippen LogP contribution in [0.2, 0.25) is 0 Å². The Labute approximate surface area is 173 Å². The number of aromatic nitrogens is 1. The van der Waals surface area contributed by atoms with E-state index in [-0.39, 0.29) is 11.8 Å². The van der Waals surface area contributed by atoms with Crippen molar-refractivity contribution in [2.75, 3.05) is 5.01 Å². The van der Waals surface area contributed by atoms with Gasteiger partial charge in [0.2, 0.25) is 5.13 Å². The first-order valence-corrected chi connectivity index (χ1v) is 10.4. The highest BCUT2D eigenvalue weighted by molar-refractivity contribution is 7.14. The zero-order chi connectivity index (χ0) is 19.6. The Morgan fingerprint density at radius 3 is 2.31 bits per heavy atom. The van der Waals surface area contributed by atoms with Crippen molar-refractivity contribution < 1.29 is 5.11 Å². The fourth-order valence-electron chi connectivity index (χ4n) is 3.61. The Morgan fingerprint density at radius 1 is 0.862 bits per heavy atom. The third-order valence-electron chi connectivity index (χ3n) is 5.07. The van der Waals surface area contributed by atoms with E-state index in [1.807, 2.05) is 59.6 Å². The molecule has 5 heteroatoms. The van der Waals surface area contributed by atoms with Crippen molar-refractivity contribution in [1.29, 1.82) is 0 Å². The van der Waals surface area contributed by atoms with Crippen LogP contribution in [0.1, 0.15) is 23.6 Å². The smallest absolute Gasteiger partial charge is 0.207 e. The van der Waals surface area contributed by atoms with Crippen LogP contribution in [0.15, 0.2) is 95.4 Å². The fraction of sp³-hybridized carbons (Fsp3) is 0.0833. The third-order valence-corrected chi connectivity index (χ3v) is 5.90. The van der Waals surface area contributed by atoms with Crippen molar-refractivity contribution >= 4 is 22.2 Å². The van der Waals surface area contributed by atoms with Gasteiger partial charge in [-0.15, -0.1) is 11.3 Å². The molecular formula is C24H19N3OS. The van der Waals surface area contributed by atoms with E-state index in [4.69, 9.17) is 10.1 Å². The van der Waals surface area contributed by atoms with Crippen molar-refractivity contribution in [2.24, 2.45) is 5.10 Å². The normalized spacial score (nSPS) is 16.1. The maximum absolute atomic E-state index is 10.3. The number of benzene rings is 3. The molecule has 0 saturated carbocycles. The van der Waals surface area contributed by atoms with Crippen LogP contribution >= 0.6 is 11.3 Å². The Kier molecular flexibility index (Phi) is 4.58. The topological polar surface area (TPSA) is 48.7 Å². The molecule has 0 saturated heterocycles. The highest BCUT2D eigenvalue weighted by atomic mass is 32.1. The quantitative estimate of drug-likeness (QED) is 0.468. The lowest BCUT2D eigenvalue weighted by Gasteiger charge is -2.21. The number of phenols is 1. The lowest BCUT2D eigenvalue weighted by atomic mass is 9.98. The van der Waals surface area contributed by atoms with Crippen LogP contribution in [0.25, 0.3) is 11.3 Å². The number of anilines is 1. The van der Waals surface area contributed by atoms with E-state index >= 15 is 0 Å². The first-order chi connectivity index (χ1) is 14.3. The SMILES string of the molecule is Oc1ccccc1C1=NN(c2nc(-c3ccccc3)cs2)C(c2ccccc2)C1. The number of phenolic OH excluding ortho intramolecular Hbond substituents is 1. The van der Waals surface area contributed by atoms with Crippen LogP contribution in [0.4, 0.5) is 5.13 Å². The molecule has 0 aliphatic carbocycles. The number of hydrazone groups is 1. The largest absolute Gasteiger partial charge is 0.507 e. The number of hydrogen-bond acceptors (Lipinski definition) is 5. The van der Waals surface area contributed by atoms with Gasteiger partial charge in [-0.1, -0.05) is 72.8 Å². The predicted molar refractivity (Wildman–Crippen MR) is 118 cm³/mol. The minimum Gasteiger partial charge on any atom is -0.507 e. The molecule has 0 amide bonds. The molecule has 1 unspecified atom stereocenters. The van der Waals surface area contributed by atoms with E-state index in [0.29, 0.717) is 6.42 Å². The Morgan fingerprint density at radius 2 is 1.55 bits per heavy atom. The average Bonchev–Trinajstić information content (AvgIpc) is 3.43. The summed E-state index contributed by atoms with van der Waals surface area (Å²) in [6, 6.07) is 27.9. The number of thiazole rings is 1. The average molecular weight is 398 g/mol. The first-order valence-electron chi connectivity index (χ1n) is 9.50. The maximum atomic E-state index is 10.3. The highest BCUT2D eigenvalue weighted by Gasteiger charge is 2.32. The lowest BCUT2D eigenvalue weighted by Crippen LogP contribution is -2.18. The second-order valence-corrected chi connectivity index (χ2v) is 7.76. The number of aromatic hydroxyl groups is 1. The molecule has 4 aromatic rings. The van der Waals surface area contributed by atoms with Gasteiger partial charge in [0.1, 0.15) is 5.75 Å². The van der Waals surface area contributed by atoms with Crippen LogP contribution in [-0.2, 0) is 0 Å². The predicted octanol–water partition coefficient (Wildman–Crippen LogP) is 5.87. The molecule has 1 N–H and O–H groups in total. The van der Waals surface area contributed by atoms with Gasteiger partial charge in [0.15, 0.2) is 0 Å². The van der Waals surface area contributed by atoms with E-state index < -0.39 is 0 Å². The molecule has 5 rings (SSSR count).